The van der Waals surface area contributed by atoms with E-state index in [9.17, 15) is 4.79 Å². The third-order valence-electron chi connectivity index (χ3n) is 3.92. The van der Waals surface area contributed by atoms with Crippen LogP contribution in [0.2, 0.25) is 0 Å². The SMILES string of the molecule is CCCCCCC[C@@H](OC(=O)c1ccccc1)c1scc[n+]1C.[I-]. The second-order valence-electron chi connectivity index (χ2n) is 5.82. The van der Waals surface area contributed by atoms with E-state index in [4.69, 9.17) is 4.74 Å². The lowest BCUT2D eigenvalue weighted by Crippen LogP contribution is -3.00. The molecule has 24 heavy (non-hydrogen) atoms. The molecule has 0 unspecified atom stereocenters. The minimum Gasteiger partial charge on any atom is -1.00 e. The molecule has 0 amide bonds. The Kier molecular flexibility index (Phi) is 10.2. The molecule has 0 saturated heterocycles. The number of aryl methyl sites for hydroxylation is 1. The van der Waals surface area contributed by atoms with Crippen LogP contribution >= 0.6 is 11.3 Å². The summed E-state index contributed by atoms with van der Waals surface area (Å²) in [5.41, 5.74) is 0.614. The summed E-state index contributed by atoms with van der Waals surface area (Å²) in [4.78, 5) is 12.4. The minimum atomic E-state index is -0.238. The molecule has 132 valence electrons. The normalized spacial score (nSPS) is 11.6. The topological polar surface area (TPSA) is 30.2 Å². The van der Waals surface area contributed by atoms with E-state index in [1.165, 1.54) is 25.7 Å². The molecule has 0 aliphatic carbocycles. The monoisotopic (exact) mass is 459 g/mol. The molecule has 1 aromatic carbocycles. The number of aromatic nitrogens is 1. The van der Waals surface area contributed by atoms with E-state index in [1.807, 2.05) is 36.8 Å². The number of carbonyl (C=O) groups excluding carboxylic acids is 1. The van der Waals surface area contributed by atoms with Crippen molar-refractivity contribution in [3.05, 3.63) is 52.5 Å². The van der Waals surface area contributed by atoms with Crippen molar-refractivity contribution in [3.8, 4) is 0 Å². The molecule has 0 fully saturated rings. The summed E-state index contributed by atoms with van der Waals surface area (Å²) in [6, 6.07) is 9.23. The minimum absolute atomic E-state index is 0. The van der Waals surface area contributed by atoms with Crippen molar-refractivity contribution in [1.29, 1.82) is 0 Å². The Hall–Kier alpha value is -0.950. The summed E-state index contributed by atoms with van der Waals surface area (Å²) >= 11 is 1.65. The fraction of sp³-hybridized carbons (Fsp3) is 0.474. The van der Waals surface area contributed by atoms with Gasteiger partial charge < -0.3 is 28.7 Å². The van der Waals surface area contributed by atoms with Crippen LogP contribution in [-0.2, 0) is 11.8 Å². The summed E-state index contributed by atoms with van der Waals surface area (Å²) in [7, 11) is 2.01. The lowest BCUT2D eigenvalue weighted by molar-refractivity contribution is -0.677. The first-order chi connectivity index (χ1) is 11.2. The zero-order valence-corrected chi connectivity index (χ0v) is 17.4. The number of thiazole rings is 1. The zero-order valence-electron chi connectivity index (χ0n) is 14.4. The average molecular weight is 459 g/mol. The van der Waals surface area contributed by atoms with Gasteiger partial charge in [-0.05, 0) is 25.0 Å². The number of hydrogen-bond acceptors (Lipinski definition) is 3. The van der Waals surface area contributed by atoms with Crippen molar-refractivity contribution < 1.29 is 38.1 Å². The van der Waals surface area contributed by atoms with Crippen molar-refractivity contribution in [2.75, 3.05) is 0 Å². The molecule has 0 aliphatic rings. The number of nitrogens with zero attached hydrogens (tertiary/aromatic N) is 1. The molecule has 0 N–H and O–H groups in total. The Bertz CT molecular complexity index is 600. The van der Waals surface area contributed by atoms with Crippen LogP contribution < -0.4 is 28.5 Å². The van der Waals surface area contributed by atoms with Crippen molar-refractivity contribution in [2.45, 2.75) is 51.6 Å². The number of halogens is 1. The number of rotatable bonds is 9. The van der Waals surface area contributed by atoms with Gasteiger partial charge in [0.15, 0.2) is 12.3 Å². The summed E-state index contributed by atoms with van der Waals surface area (Å²) in [5, 5.41) is 3.14. The fourth-order valence-corrected chi connectivity index (χ4v) is 3.52. The van der Waals surface area contributed by atoms with Gasteiger partial charge in [0.1, 0.15) is 7.05 Å². The quantitative estimate of drug-likeness (QED) is 0.248. The number of carbonyl (C=O) groups is 1. The van der Waals surface area contributed by atoms with E-state index >= 15 is 0 Å². The van der Waals surface area contributed by atoms with Gasteiger partial charge in [-0.2, -0.15) is 4.57 Å². The molecule has 5 heteroatoms. The van der Waals surface area contributed by atoms with E-state index in [1.54, 1.807) is 23.5 Å². The fourth-order valence-electron chi connectivity index (χ4n) is 2.59. The molecule has 0 radical (unpaired) electrons. The molecule has 0 aliphatic heterocycles. The first-order valence-electron chi connectivity index (χ1n) is 8.41. The maximum atomic E-state index is 12.4. The zero-order chi connectivity index (χ0) is 16.5. The van der Waals surface area contributed by atoms with Crippen LogP contribution in [0.1, 0.15) is 66.9 Å². The van der Waals surface area contributed by atoms with Gasteiger partial charge in [-0.1, -0.05) is 62.1 Å². The highest BCUT2D eigenvalue weighted by molar-refractivity contribution is 7.09. The van der Waals surface area contributed by atoms with Gasteiger partial charge in [0.05, 0.1) is 10.9 Å². The summed E-state index contributed by atoms with van der Waals surface area (Å²) < 4.78 is 7.87. The number of hydrogen-bond donors (Lipinski definition) is 0. The molecule has 1 heterocycles. The van der Waals surface area contributed by atoms with Crippen LogP contribution in [0.5, 0.6) is 0 Å². The number of esters is 1. The van der Waals surface area contributed by atoms with Crippen LogP contribution in [0.4, 0.5) is 0 Å². The summed E-state index contributed by atoms with van der Waals surface area (Å²) in [5.74, 6) is -0.238. The average Bonchev–Trinajstić information content (AvgIpc) is 3.00. The van der Waals surface area contributed by atoms with Gasteiger partial charge in [-0.3, -0.25) is 0 Å². The maximum Gasteiger partial charge on any atom is 0.338 e. The summed E-state index contributed by atoms with van der Waals surface area (Å²) in [6.07, 6.45) is 8.80. The van der Waals surface area contributed by atoms with Crippen LogP contribution in [-0.4, -0.2) is 5.97 Å². The van der Waals surface area contributed by atoms with Gasteiger partial charge in [0.2, 0.25) is 0 Å². The van der Waals surface area contributed by atoms with Crippen molar-refractivity contribution in [2.24, 2.45) is 7.05 Å². The molecule has 1 atom stereocenters. The number of ether oxygens (including phenoxy) is 1. The van der Waals surface area contributed by atoms with Crippen LogP contribution in [0, 0.1) is 0 Å². The molecule has 0 bridgehead atoms. The first kappa shape index (κ1) is 21.1. The van der Waals surface area contributed by atoms with E-state index in [0.717, 1.165) is 17.8 Å². The standard InChI is InChI=1S/C19H26NO2S.HI/c1-3-4-5-6-10-13-17(18-20(2)14-15-23-18)22-19(21)16-11-8-7-9-12-16;/h7-9,11-12,14-15,17H,3-6,10,13H2,1-2H3;1H/q+1;/p-1/t17-;/m1./s1. The summed E-state index contributed by atoms with van der Waals surface area (Å²) in [6.45, 7) is 2.22. The Morgan fingerprint density at radius 2 is 1.88 bits per heavy atom. The lowest BCUT2D eigenvalue weighted by atomic mass is 10.1. The molecule has 1 aromatic heterocycles. The van der Waals surface area contributed by atoms with Crippen molar-refractivity contribution >= 4 is 17.3 Å². The second kappa shape index (κ2) is 11.6. The van der Waals surface area contributed by atoms with Gasteiger partial charge in [-0.15, -0.1) is 0 Å². The Balaban J connectivity index is 0.00000288. The third kappa shape index (κ3) is 6.51. The van der Waals surface area contributed by atoms with Crippen LogP contribution in [0.25, 0.3) is 0 Å². The lowest BCUT2D eigenvalue weighted by Gasteiger charge is -2.14. The van der Waals surface area contributed by atoms with E-state index in [-0.39, 0.29) is 36.0 Å². The molecule has 0 saturated carbocycles. The molecular weight excluding hydrogens is 433 g/mol. The van der Waals surface area contributed by atoms with Gasteiger partial charge in [0, 0.05) is 0 Å². The highest BCUT2D eigenvalue weighted by atomic mass is 127. The molecule has 3 nitrogen and oxygen atoms in total. The van der Waals surface area contributed by atoms with Crippen LogP contribution in [0.15, 0.2) is 41.9 Å². The van der Waals surface area contributed by atoms with Gasteiger partial charge in [0.25, 0.3) is 5.01 Å². The van der Waals surface area contributed by atoms with E-state index in [0.29, 0.717) is 5.56 Å². The predicted octanol–water partition coefficient (Wildman–Crippen LogP) is 1.84. The third-order valence-corrected chi connectivity index (χ3v) is 4.98. The Morgan fingerprint density at radius 1 is 1.17 bits per heavy atom. The van der Waals surface area contributed by atoms with Gasteiger partial charge >= 0.3 is 5.97 Å². The number of benzene rings is 1. The van der Waals surface area contributed by atoms with Crippen molar-refractivity contribution in [1.82, 2.24) is 0 Å². The maximum absolute atomic E-state index is 12.4. The molecular formula is C19H26INO2S. The second-order valence-corrected chi connectivity index (χ2v) is 6.74. The first-order valence-corrected chi connectivity index (χ1v) is 9.29. The number of unbranched alkanes of at least 4 members (excludes halogenated alkanes) is 4. The van der Waals surface area contributed by atoms with E-state index in [2.05, 4.69) is 11.5 Å². The smallest absolute Gasteiger partial charge is 0.338 e. The van der Waals surface area contributed by atoms with Gasteiger partial charge in [-0.25, -0.2) is 4.79 Å². The van der Waals surface area contributed by atoms with Crippen molar-refractivity contribution in [3.63, 3.8) is 0 Å². The molecule has 2 aromatic rings. The molecule has 0 spiro atoms. The highest BCUT2D eigenvalue weighted by Crippen LogP contribution is 2.26. The molecule has 2 rings (SSSR count). The highest BCUT2D eigenvalue weighted by Gasteiger charge is 2.26. The largest absolute Gasteiger partial charge is 1.00 e. The Morgan fingerprint density at radius 3 is 2.50 bits per heavy atom. The predicted molar refractivity (Wildman–Crippen MR) is 93.5 cm³/mol. The Labute approximate surface area is 166 Å². The van der Waals surface area contributed by atoms with Crippen LogP contribution in [0.3, 0.4) is 0 Å². The van der Waals surface area contributed by atoms with E-state index < -0.39 is 0 Å².